The molecule has 1 heterocycles. The summed E-state index contributed by atoms with van der Waals surface area (Å²) < 4.78 is 12.9. The predicted octanol–water partition coefficient (Wildman–Crippen LogP) is 3.08. The molecule has 1 aromatic rings. The van der Waals surface area contributed by atoms with E-state index in [2.05, 4.69) is 12.0 Å². The molecule has 5 nitrogen and oxygen atoms in total. The smallest absolute Gasteiger partial charge is 0.341 e. The van der Waals surface area contributed by atoms with E-state index >= 15 is 0 Å². The molecule has 0 aromatic carbocycles. The predicted molar refractivity (Wildman–Crippen MR) is 80.0 cm³/mol. The maximum absolute atomic E-state index is 11.9. The minimum atomic E-state index is -0.320. The average Bonchev–Trinajstić information content (AvgIpc) is 2.86. The molecule has 1 aromatic heterocycles. The van der Waals surface area contributed by atoms with Gasteiger partial charge in [0.05, 0.1) is 31.2 Å². The van der Waals surface area contributed by atoms with Crippen molar-refractivity contribution in [2.75, 3.05) is 6.61 Å². The van der Waals surface area contributed by atoms with Crippen molar-refractivity contribution in [3.05, 3.63) is 17.5 Å². The standard InChI is InChI=1S/C16H26N2O3/c1-4-12-8-6-7-9-15(12)21-11-14-13(10-17-18(14)3)16(19)20-5-2/h10,12,15H,4-9,11H2,1-3H3. The third kappa shape index (κ3) is 3.84. The molecular formula is C16H26N2O3. The molecule has 0 bridgehead atoms. The molecule has 0 saturated heterocycles. The van der Waals surface area contributed by atoms with Crippen LogP contribution in [0.25, 0.3) is 0 Å². The van der Waals surface area contributed by atoms with E-state index in [0.717, 1.165) is 18.5 Å². The van der Waals surface area contributed by atoms with Crippen LogP contribution in [0.1, 0.15) is 62.0 Å². The monoisotopic (exact) mass is 294 g/mol. The van der Waals surface area contributed by atoms with Crippen molar-refractivity contribution < 1.29 is 14.3 Å². The van der Waals surface area contributed by atoms with Gasteiger partial charge in [-0.15, -0.1) is 0 Å². The Morgan fingerprint density at radius 3 is 2.86 bits per heavy atom. The van der Waals surface area contributed by atoms with Gasteiger partial charge in [-0.25, -0.2) is 4.79 Å². The molecule has 1 aliphatic rings. The summed E-state index contributed by atoms with van der Waals surface area (Å²) in [6.07, 6.45) is 7.92. The van der Waals surface area contributed by atoms with Gasteiger partial charge in [-0.1, -0.05) is 26.2 Å². The van der Waals surface area contributed by atoms with Gasteiger partial charge in [-0.3, -0.25) is 4.68 Å². The highest BCUT2D eigenvalue weighted by Gasteiger charge is 2.25. The number of carbonyl (C=O) groups is 1. The Hall–Kier alpha value is -1.36. The zero-order valence-electron chi connectivity index (χ0n) is 13.3. The Morgan fingerprint density at radius 1 is 1.38 bits per heavy atom. The number of nitrogens with zero attached hydrogens (tertiary/aromatic N) is 2. The fourth-order valence-corrected chi connectivity index (χ4v) is 3.06. The molecule has 1 fully saturated rings. The summed E-state index contributed by atoms with van der Waals surface area (Å²) in [5.41, 5.74) is 1.32. The number of rotatable bonds is 6. The minimum absolute atomic E-state index is 0.300. The van der Waals surface area contributed by atoms with Crippen LogP contribution in [0.3, 0.4) is 0 Å². The van der Waals surface area contributed by atoms with E-state index in [1.807, 2.05) is 7.05 Å². The summed E-state index contributed by atoms with van der Waals surface area (Å²) >= 11 is 0. The van der Waals surface area contributed by atoms with Crippen molar-refractivity contribution in [3.63, 3.8) is 0 Å². The van der Waals surface area contributed by atoms with Gasteiger partial charge in [0.15, 0.2) is 0 Å². The Morgan fingerprint density at radius 2 is 2.14 bits per heavy atom. The van der Waals surface area contributed by atoms with Gasteiger partial charge in [0.25, 0.3) is 0 Å². The van der Waals surface area contributed by atoms with Crippen molar-refractivity contribution in [2.24, 2.45) is 13.0 Å². The summed E-state index contributed by atoms with van der Waals surface area (Å²) in [5.74, 6) is 0.318. The Bertz CT molecular complexity index is 470. The van der Waals surface area contributed by atoms with Crippen molar-refractivity contribution in [2.45, 2.75) is 58.7 Å². The molecule has 0 amide bonds. The second-order valence-corrected chi connectivity index (χ2v) is 5.65. The fourth-order valence-electron chi connectivity index (χ4n) is 3.06. The summed E-state index contributed by atoms with van der Waals surface area (Å²) in [6, 6.07) is 0. The van der Waals surface area contributed by atoms with Gasteiger partial charge in [0.1, 0.15) is 5.56 Å². The summed E-state index contributed by atoms with van der Waals surface area (Å²) in [7, 11) is 1.83. The normalized spacial score (nSPS) is 22.2. The minimum Gasteiger partial charge on any atom is -0.462 e. The van der Waals surface area contributed by atoms with Gasteiger partial charge >= 0.3 is 5.97 Å². The summed E-state index contributed by atoms with van der Waals surface area (Å²) in [6.45, 7) is 4.82. The lowest BCUT2D eigenvalue weighted by Crippen LogP contribution is -2.27. The summed E-state index contributed by atoms with van der Waals surface area (Å²) in [4.78, 5) is 11.9. The Balaban J connectivity index is 2.02. The lowest BCUT2D eigenvalue weighted by Gasteiger charge is -2.30. The van der Waals surface area contributed by atoms with Crippen molar-refractivity contribution >= 4 is 5.97 Å². The number of esters is 1. The summed E-state index contributed by atoms with van der Waals surface area (Å²) in [5, 5.41) is 4.16. The first kappa shape index (κ1) is 16.0. The molecular weight excluding hydrogens is 268 g/mol. The largest absolute Gasteiger partial charge is 0.462 e. The molecule has 5 heteroatoms. The van der Waals surface area contributed by atoms with Crippen LogP contribution in [-0.4, -0.2) is 28.5 Å². The van der Waals surface area contributed by atoms with Crippen molar-refractivity contribution in [1.82, 2.24) is 9.78 Å². The van der Waals surface area contributed by atoms with Gasteiger partial charge in [0.2, 0.25) is 0 Å². The van der Waals surface area contributed by atoms with Crippen LogP contribution in [0.4, 0.5) is 0 Å². The van der Waals surface area contributed by atoms with E-state index in [1.165, 1.54) is 19.3 Å². The first-order valence-electron chi connectivity index (χ1n) is 7.96. The highest BCUT2D eigenvalue weighted by Crippen LogP contribution is 2.30. The van der Waals surface area contributed by atoms with Gasteiger partial charge < -0.3 is 9.47 Å². The van der Waals surface area contributed by atoms with E-state index in [4.69, 9.17) is 9.47 Å². The molecule has 1 aliphatic carbocycles. The third-order valence-corrected chi connectivity index (χ3v) is 4.35. The van der Waals surface area contributed by atoms with Crippen LogP contribution in [0.2, 0.25) is 0 Å². The van der Waals surface area contributed by atoms with Crippen LogP contribution in [0, 0.1) is 5.92 Å². The van der Waals surface area contributed by atoms with E-state index in [1.54, 1.807) is 17.8 Å². The molecule has 2 unspecified atom stereocenters. The molecule has 0 spiro atoms. The highest BCUT2D eigenvalue weighted by molar-refractivity contribution is 5.90. The van der Waals surface area contributed by atoms with Crippen molar-refractivity contribution in [1.29, 1.82) is 0 Å². The Kier molecular flexibility index (Phi) is 5.79. The molecule has 2 atom stereocenters. The van der Waals surface area contributed by atoms with Crippen LogP contribution in [0.15, 0.2) is 6.20 Å². The van der Waals surface area contributed by atoms with Gasteiger partial charge in [-0.05, 0) is 25.7 Å². The lowest BCUT2D eigenvalue weighted by atomic mass is 9.85. The molecule has 118 valence electrons. The molecule has 0 aliphatic heterocycles. The maximum Gasteiger partial charge on any atom is 0.341 e. The van der Waals surface area contributed by atoms with E-state index in [-0.39, 0.29) is 5.97 Å². The van der Waals surface area contributed by atoms with Crippen LogP contribution in [0.5, 0.6) is 0 Å². The van der Waals surface area contributed by atoms with Crippen LogP contribution in [-0.2, 0) is 23.1 Å². The SMILES string of the molecule is CCOC(=O)c1cnn(C)c1COC1CCCCC1CC. The highest BCUT2D eigenvalue weighted by atomic mass is 16.5. The van der Waals surface area contributed by atoms with E-state index in [9.17, 15) is 4.79 Å². The molecule has 0 N–H and O–H groups in total. The molecule has 1 saturated carbocycles. The first-order chi connectivity index (χ1) is 10.2. The number of hydrogen-bond acceptors (Lipinski definition) is 4. The molecule has 2 rings (SSSR count). The topological polar surface area (TPSA) is 53.3 Å². The average molecular weight is 294 g/mol. The van der Waals surface area contributed by atoms with Crippen LogP contribution < -0.4 is 0 Å². The van der Waals surface area contributed by atoms with E-state index in [0.29, 0.717) is 30.8 Å². The zero-order valence-corrected chi connectivity index (χ0v) is 13.3. The number of carbonyl (C=O) groups excluding carboxylic acids is 1. The zero-order chi connectivity index (χ0) is 15.2. The van der Waals surface area contributed by atoms with E-state index < -0.39 is 0 Å². The first-order valence-corrected chi connectivity index (χ1v) is 7.96. The number of hydrogen-bond donors (Lipinski definition) is 0. The molecule has 21 heavy (non-hydrogen) atoms. The van der Waals surface area contributed by atoms with Crippen LogP contribution >= 0.6 is 0 Å². The third-order valence-electron chi connectivity index (χ3n) is 4.35. The van der Waals surface area contributed by atoms with Gasteiger partial charge in [0, 0.05) is 7.05 Å². The number of ether oxygens (including phenoxy) is 2. The quantitative estimate of drug-likeness (QED) is 0.757. The Labute approximate surface area is 126 Å². The lowest BCUT2D eigenvalue weighted by molar-refractivity contribution is -0.0249. The fraction of sp³-hybridized carbons (Fsp3) is 0.750. The van der Waals surface area contributed by atoms with Gasteiger partial charge in [-0.2, -0.15) is 5.10 Å². The molecule has 0 radical (unpaired) electrons. The second-order valence-electron chi connectivity index (χ2n) is 5.65. The van der Waals surface area contributed by atoms with Crippen molar-refractivity contribution in [3.8, 4) is 0 Å². The second kappa shape index (κ2) is 7.59. The number of aryl methyl sites for hydroxylation is 1. The number of aromatic nitrogens is 2. The maximum atomic E-state index is 11.9.